The van der Waals surface area contributed by atoms with E-state index in [4.69, 9.17) is 18.9 Å². The van der Waals surface area contributed by atoms with Crippen molar-refractivity contribution in [2.45, 2.75) is 47.2 Å². The van der Waals surface area contributed by atoms with Crippen molar-refractivity contribution in [3.63, 3.8) is 0 Å². The van der Waals surface area contributed by atoms with Crippen LogP contribution < -0.4 is 16.1 Å². The number of rotatable bonds is 10. The average Bonchev–Trinajstić information content (AvgIpc) is 4.10. The van der Waals surface area contributed by atoms with Crippen molar-refractivity contribution in [3.05, 3.63) is 171 Å². The van der Waals surface area contributed by atoms with Crippen LogP contribution in [0.25, 0.3) is 22.5 Å². The van der Waals surface area contributed by atoms with Gasteiger partial charge in [-0.25, -0.2) is 18.1 Å². The first-order valence-electron chi connectivity index (χ1n) is 18.8. The number of hydrogen-bond donors (Lipinski definition) is 4. The standard InChI is InChI=1S/C21H18FN5O2.C14H12IN5O2.C7H8BFO2.CH4/c1-13-5-6-18(19(22)8-13)15-9-16(11-17(10-15)27-12-23-25-26-27)21(28)24-14(2)20-4-3-7-29-20;1-9(13-3-2-4-22-13)17-14(21)10-5-11(15)7-12(6-10)20-8-16-18-19-20;1-5-2-3-6(8(10)11)7(9)4-5;/h3-12,14H,1-2H3,(H,24,28);2-9H,1H3,(H,17,21);2-4,10-11H,1H3;1H4. The van der Waals surface area contributed by atoms with E-state index in [1.165, 1.54) is 40.2 Å². The van der Waals surface area contributed by atoms with Gasteiger partial charge in [0, 0.05) is 25.7 Å². The van der Waals surface area contributed by atoms with Crippen LogP contribution >= 0.6 is 22.6 Å². The van der Waals surface area contributed by atoms with Gasteiger partial charge in [0.15, 0.2) is 0 Å². The Morgan fingerprint density at radius 3 is 1.67 bits per heavy atom. The Morgan fingerprint density at radius 1 is 0.698 bits per heavy atom. The third-order valence-corrected chi connectivity index (χ3v) is 9.68. The Hall–Kier alpha value is -6.91. The van der Waals surface area contributed by atoms with Gasteiger partial charge in [-0.3, -0.25) is 9.59 Å². The maximum atomic E-state index is 14.6. The number of benzene rings is 4. The Labute approximate surface area is 374 Å². The molecule has 63 heavy (non-hydrogen) atoms. The molecule has 0 fully saturated rings. The molecule has 20 heteroatoms. The lowest BCUT2D eigenvalue weighted by Gasteiger charge is -2.14. The normalized spacial score (nSPS) is 11.4. The van der Waals surface area contributed by atoms with Crippen molar-refractivity contribution in [1.29, 1.82) is 0 Å². The van der Waals surface area contributed by atoms with Gasteiger partial charge in [-0.1, -0.05) is 31.7 Å². The van der Waals surface area contributed by atoms with Crippen molar-refractivity contribution in [2.75, 3.05) is 0 Å². The average molecular weight is 971 g/mol. The van der Waals surface area contributed by atoms with Crippen LogP contribution in [0.2, 0.25) is 0 Å². The maximum absolute atomic E-state index is 14.6. The molecule has 2 unspecified atom stereocenters. The summed E-state index contributed by atoms with van der Waals surface area (Å²) in [6.07, 6.45) is 6.03. The first kappa shape index (κ1) is 47.1. The Kier molecular flexibility index (Phi) is 16.3. The van der Waals surface area contributed by atoms with Gasteiger partial charge < -0.3 is 29.5 Å². The van der Waals surface area contributed by atoms with Crippen LogP contribution in [0.5, 0.6) is 0 Å². The van der Waals surface area contributed by atoms with Crippen molar-refractivity contribution in [3.8, 4) is 22.5 Å². The van der Waals surface area contributed by atoms with E-state index in [1.54, 1.807) is 80.1 Å². The number of nitrogens with one attached hydrogen (secondary N) is 2. The van der Waals surface area contributed by atoms with Gasteiger partial charge in [0.1, 0.15) is 35.8 Å². The molecule has 4 aromatic heterocycles. The van der Waals surface area contributed by atoms with Crippen LogP contribution in [0.1, 0.15) is 76.7 Å². The highest BCUT2D eigenvalue weighted by Gasteiger charge is 2.19. The molecule has 0 aliphatic rings. The highest BCUT2D eigenvalue weighted by Crippen LogP contribution is 2.28. The molecule has 8 aromatic rings. The summed E-state index contributed by atoms with van der Waals surface area (Å²) in [5, 5.41) is 45.2. The molecule has 0 aliphatic carbocycles. The monoisotopic (exact) mass is 970 g/mol. The highest BCUT2D eigenvalue weighted by molar-refractivity contribution is 14.1. The summed E-state index contributed by atoms with van der Waals surface area (Å²) in [4.78, 5) is 25.3. The molecule has 4 heterocycles. The number of nitrogens with zero attached hydrogens (tertiary/aromatic N) is 8. The van der Waals surface area contributed by atoms with Crippen molar-refractivity contribution in [1.82, 2.24) is 51.0 Å². The summed E-state index contributed by atoms with van der Waals surface area (Å²) in [6, 6.07) is 26.3. The molecule has 324 valence electrons. The van der Waals surface area contributed by atoms with E-state index in [0.29, 0.717) is 39.5 Å². The quantitative estimate of drug-likeness (QED) is 0.0837. The summed E-state index contributed by atoms with van der Waals surface area (Å²) in [5.41, 5.74) is 4.58. The van der Waals surface area contributed by atoms with Crippen molar-refractivity contribution < 1.29 is 37.3 Å². The van der Waals surface area contributed by atoms with E-state index in [1.807, 2.05) is 39.0 Å². The molecule has 0 aliphatic heterocycles. The van der Waals surface area contributed by atoms with Gasteiger partial charge in [-0.15, -0.1) is 10.2 Å². The number of carbonyl (C=O) groups excluding carboxylic acids is 2. The van der Waals surface area contributed by atoms with Gasteiger partial charge in [0.2, 0.25) is 0 Å². The van der Waals surface area contributed by atoms with Gasteiger partial charge in [-0.2, -0.15) is 0 Å². The zero-order valence-corrected chi connectivity index (χ0v) is 35.7. The van der Waals surface area contributed by atoms with Gasteiger partial charge >= 0.3 is 7.12 Å². The van der Waals surface area contributed by atoms with Gasteiger partial charge in [-0.05, 0) is 161 Å². The first-order valence-corrected chi connectivity index (χ1v) is 19.8. The predicted molar refractivity (Wildman–Crippen MR) is 238 cm³/mol. The molecule has 0 bridgehead atoms. The minimum atomic E-state index is -1.73. The second-order valence-electron chi connectivity index (χ2n) is 13.8. The molecule has 0 saturated heterocycles. The number of tetrazole rings is 2. The van der Waals surface area contributed by atoms with Crippen LogP contribution in [0.4, 0.5) is 8.78 Å². The fourth-order valence-electron chi connectivity index (χ4n) is 5.90. The summed E-state index contributed by atoms with van der Waals surface area (Å²) < 4.78 is 41.8. The lowest BCUT2D eigenvalue weighted by Crippen LogP contribution is -2.32. The van der Waals surface area contributed by atoms with Crippen LogP contribution in [0, 0.1) is 29.1 Å². The largest absolute Gasteiger partial charge is 0.491 e. The Balaban J connectivity index is 0.000000194. The molecule has 0 spiro atoms. The van der Waals surface area contributed by atoms with E-state index >= 15 is 0 Å². The SMILES string of the molecule is C.CC(NC(=O)c1cc(I)cc(-n2cnnn2)c1)c1ccco1.Cc1ccc(-c2cc(C(=O)NC(C)c3ccco3)cc(-n3cnnn3)c2)c(F)c1.Cc1ccc(B(O)O)c(F)c1. The van der Waals surface area contributed by atoms with E-state index < -0.39 is 12.9 Å². The fourth-order valence-corrected chi connectivity index (χ4v) is 6.55. The number of hydrogen-bond acceptors (Lipinski definition) is 12. The zero-order chi connectivity index (χ0) is 44.3. The van der Waals surface area contributed by atoms with E-state index in [0.717, 1.165) is 20.4 Å². The number of aromatic nitrogens is 8. The second kappa shape index (κ2) is 21.8. The molecule has 2 amide bonds. The molecule has 4 aromatic carbocycles. The number of aryl methyl sites for hydroxylation is 2. The lowest BCUT2D eigenvalue weighted by molar-refractivity contribution is 0.0927. The molecular weight excluding hydrogens is 928 g/mol. The number of furan rings is 2. The van der Waals surface area contributed by atoms with Crippen LogP contribution in [-0.4, -0.2) is 69.4 Å². The van der Waals surface area contributed by atoms with E-state index in [9.17, 15) is 18.4 Å². The minimum Gasteiger partial charge on any atom is -0.467 e. The van der Waals surface area contributed by atoms with Crippen molar-refractivity contribution >= 4 is 47.0 Å². The first-order chi connectivity index (χ1) is 29.7. The smallest absolute Gasteiger partial charge is 0.467 e. The molecule has 0 radical (unpaired) electrons. The van der Waals surface area contributed by atoms with Crippen LogP contribution in [0.3, 0.4) is 0 Å². The van der Waals surface area contributed by atoms with Crippen LogP contribution in [-0.2, 0) is 0 Å². The third-order valence-electron chi connectivity index (χ3n) is 9.06. The van der Waals surface area contributed by atoms with Crippen LogP contribution in [0.15, 0.2) is 131 Å². The summed E-state index contributed by atoms with van der Waals surface area (Å²) in [7, 11) is -1.73. The highest BCUT2D eigenvalue weighted by atomic mass is 127. The third kappa shape index (κ3) is 12.6. The summed E-state index contributed by atoms with van der Waals surface area (Å²) in [5.74, 6) is -0.108. The number of amides is 2. The van der Waals surface area contributed by atoms with E-state index in [-0.39, 0.29) is 42.6 Å². The number of carbonyl (C=O) groups is 2. The molecule has 0 saturated carbocycles. The van der Waals surface area contributed by atoms with Crippen molar-refractivity contribution in [2.24, 2.45) is 0 Å². The Morgan fingerprint density at radius 2 is 1.21 bits per heavy atom. The van der Waals surface area contributed by atoms with Gasteiger partial charge in [0.05, 0.1) is 36.0 Å². The van der Waals surface area contributed by atoms with Gasteiger partial charge in [0.25, 0.3) is 11.8 Å². The Bertz CT molecular complexity index is 2720. The molecular formula is C43H42BF2IN10O6. The molecule has 16 nitrogen and oxygen atoms in total. The fraction of sp³-hybridized carbons (Fsp3) is 0.163. The molecule has 2 atom stereocenters. The topological polar surface area (TPSA) is 212 Å². The maximum Gasteiger partial charge on any atom is 0.491 e. The molecule has 4 N–H and O–H groups in total. The zero-order valence-electron chi connectivity index (χ0n) is 33.5. The minimum absolute atomic E-state index is 0. The number of halogens is 3. The van der Waals surface area contributed by atoms with E-state index in [2.05, 4.69) is 64.3 Å². The summed E-state index contributed by atoms with van der Waals surface area (Å²) >= 11 is 2.15. The molecule has 8 rings (SSSR count). The second-order valence-corrected chi connectivity index (χ2v) is 15.0. The summed E-state index contributed by atoms with van der Waals surface area (Å²) in [6.45, 7) is 7.24. The lowest BCUT2D eigenvalue weighted by atomic mass is 9.79. The predicted octanol–water partition coefficient (Wildman–Crippen LogP) is 6.66.